The lowest BCUT2D eigenvalue weighted by molar-refractivity contribution is 0.194. The lowest BCUT2D eigenvalue weighted by Gasteiger charge is -2.08. The minimum Gasteiger partial charge on any atom is -0.387 e. The Hall–Kier alpha value is -3.36. The smallest absolute Gasteiger partial charge is 0.321 e. The van der Waals surface area contributed by atoms with Crippen molar-refractivity contribution < 1.29 is 9.90 Å². The van der Waals surface area contributed by atoms with Crippen LogP contribution in [0.15, 0.2) is 54.9 Å². The van der Waals surface area contributed by atoms with Gasteiger partial charge in [0.2, 0.25) is 0 Å². The zero-order valence-corrected chi connectivity index (χ0v) is 17.4. The van der Waals surface area contributed by atoms with Gasteiger partial charge in [0.1, 0.15) is 0 Å². The number of fused-ring (bicyclic) bond motifs is 1. The first-order valence-corrected chi connectivity index (χ1v) is 10.4. The Kier molecular flexibility index (Phi) is 5.69. The van der Waals surface area contributed by atoms with Crippen LogP contribution in [0.4, 0.5) is 9.93 Å². The zero-order chi connectivity index (χ0) is 21.1. The molecule has 3 aromatic heterocycles. The highest BCUT2D eigenvalue weighted by atomic mass is 32.1. The first kappa shape index (κ1) is 19.9. The molecule has 30 heavy (non-hydrogen) atoms. The number of aliphatic hydroxyl groups is 1. The van der Waals surface area contributed by atoms with Crippen LogP contribution in [0.3, 0.4) is 0 Å². The molecule has 0 aliphatic heterocycles. The van der Waals surface area contributed by atoms with Gasteiger partial charge in [-0.1, -0.05) is 23.5 Å². The van der Waals surface area contributed by atoms with E-state index in [2.05, 4.69) is 31.7 Å². The van der Waals surface area contributed by atoms with E-state index in [0.29, 0.717) is 17.4 Å². The van der Waals surface area contributed by atoms with Crippen LogP contribution in [0.1, 0.15) is 25.6 Å². The monoisotopic (exact) mass is 419 g/mol. The van der Waals surface area contributed by atoms with Crippen molar-refractivity contribution in [2.24, 2.45) is 0 Å². The first-order valence-electron chi connectivity index (χ1n) is 9.60. The van der Waals surface area contributed by atoms with E-state index < -0.39 is 6.10 Å². The number of nitrogens with zero attached hydrogens (tertiary/aromatic N) is 3. The highest BCUT2D eigenvalue weighted by Gasteiger charge is 2.15. The highest BCUT2D eigenvalue weighted by Crippen LogP contribution is 2.38. The Morgan fingerprint density at radius 1 is 1.17 bits per heavy atom. The molecule has 4 rings (SSSR count). The van der Waals surface area contributed by atoms with Gasteiger partial charge in [0.25, 0.3) is 0 Å². The quantitative estimate of drug-likeness (QED) is 0.438. The number of nitrogens with one attached hydrogen (secondary N) is 2. The zero-order valence-electron chi connectivity index (χ0n) is 16.6. The van der Waals surface area contributed by atoms with Crippen molar-refractivity contribution in [3.8, 4) is 22.4 Å². The van der Waals surface area contributed by atoms with Gasteiger partial charge < -0.3 is 10.4 Å². The van der Waals surface area contributed by atoms with Crippen LogP contribution in [-0.4, -0.2) is 32.6 Å². The van der Waals surface area contributed by atoms with Crippen LogP contribution < -0.4 is 10.6 Å². The summed E-state index contributed by atoms with van der Waals surface area (Å²) in [7, 11) is 0. The number of aromatic nitrogens is 3. The minimum absolute atomic E-state index is 0.283. The third-order valence-electron chi connectivity index (χ3n) is 4.54. The Morgan fingerprint density at radius 3 is 2.70 bits per heavy atom. The van der Waals surface area contributed by atoms with Gasteiger partial charge in [-0.25, -0.2) is 9.78 Å². The van der Waals surface area contributed by atoms with E-state index in [0.717, 1.165) is 32.6 Å². The maximum atomic E-state index is 11.9. The van der Waals surface area contributed by atoms with E-state index in [1.807, 2.05) is 43.3 Å². The molecule has 1 unspecified atom stereocenters. The fourth-order valence-electron chi connectivity index (χ4n) is 3.09. The SMILES string of the molecule is CCNC(=O)Nc1nc2cc(-c3ccc(C(C)O)nc3)cc(-c3ccccn3)c2s1. The lowest BCUT2D eigenvalue weighted by atomic mass is 10.0. The van der Waals surface area contributed by atoms with E-state index in [1.54, 1.807) is 19.3 Å². The molecule has 0 fully saturated rings. The number of thiazole rings is 1. The largest absolute Gasteiger partial charge is 0.387 e. The molecule has 0 spiro atoms. The van der Waals surface area contributed by atoms with Gasteiger partial charge in [0.15, 0.2) is 5.13 Å². The number of carbonyl (C=O) groups is 1. The number of urea groups is 1. The molecule has 0 radical (unpaired) electrons. The van der Waals surface area contributed by atoms with Gasteiger partial charge in [-0.15, -0.1) is 0 Å². The fourth-order valence-corrected chi connectivity index (χ4v) is 4.05. The van der Waals surface area contributed by atoms with Crippen molar-refractivity contribution in [2.45, 2.75) is 20.0 Å². The van der Waals surface area contributed by atoms with Gasteiger partial charge >= 0.3 is 6.03 Å². The summed E-state index contributed by atoms with van der Waals surface area (Å²) in [5.41, 5.74) is 4.99. The second kappa shape index (κ2) is 8.56. The van der Waals surface area contributed by atoms with E-state index in [1.165, 1.54) is 11.3 Å². The molecule has 152 valence electrons. The Morgan fingerprint density at radius 2 is 2.03 bits per heavy atom. The van der Waals surface area contributed by atoms with Crippen LogP contribution >= 0.6 is 11.3 Å². The molecule has 0 aliphatic carbocycles. The normalized spacial score (nSPS) is 12.0. The molecular weight excluding hydrogens is 398 g/mol. The number of aliphatic hydroxyl groups excluding tert-OH is 1. The molecule has 1 atom stereocenters. The van der Waals surface area contributed by atoms with E-state index in [4.69, 9.17) is 0 Å². The Balaban J connectivity index is 1.82. The summed E-state index contributed by atoms with van der Waals surface area (Å²) in [4.78, 5) is 25.4. The van der Waals surface area contributed by atoms with E-state index in [-0.39, 0.29) is 6.03 Å². The van der Waals surface area contributed by atoms with Gasteiger partial charge in [-0.05, 0) is 49.7 Å². The molecule has 3 heterocycles. The van der Waals surface area contributed by atoms with Crippen LogP contribution in [0, 0.1) is 0 Å². The predicted octanol–water partition coefficient (Wildman–Crippen LogP) is 4.62. The van der Waals surface area contributed by atoms with E-state index >= 15 is 0 Å². The summed E-state index contributed by atoms with van der Waals surface area (Å²) in [5.74, 6) is 0. The van der Waals surface area contributed by atoms with Crippen LogP contribution in [0.25, 0.3) is 32.6 Å². The molecule has 0 bridgehead atoms. The lowest BCUT2D eigenvalue weighted by Crippen LogP contribution is -2.28. The molecule has 7 nitrogen and oxygen atoms in total. The number of pyridine rings is 2. The van der Waals surface area contributed by atoms with Gasteiger partial charge in [-0.2, -0.15) is 0 Å². The standard InChI is InChI=1S/C22H21N5O2S/c1-3-23-21(29)27-22-26-19-11-15(14-7-8-17(13(2)28)25-12-14)10-16(20(19)30-22)18-6-4-5-9-24-18/h4-13,28H,3H2,1-2H3,(H2,23,26,27,29). The molecule has 2 amide bonds. The summed E-state index contributed by atoms with van der Waals surface area (Å²) in [6.07, 6.45) is 2.87. The van der Waals surface area contributed by atoms with Gasteiger partial charge in [-0.3, -0.25) is 15.3 Å². The van der Waals surface area contributed by atoms with Gasteiger partial charge in [0.05, 0.1) is 27.7 Å². The van der Waals surface area contributed by atoms with Gasteiger partial charge in [0, 0.05) is 30.1 Å². The third-order valence-corrected chi connectivity index (χ3v) is 5.56. The number of rotatable bonds is 5. The topological polar surface area (TPSA) is 100 Å². The number of amides is 2. The van der Waals surface area contributed by atoms with Crippen LogP contribution in [0.5, 0.6) is 0 Å². The van der Waals surface area contributed by atoms with Crippen LogP contribution in [0.2, 0.25) is 0 Å². The molecular formula is C22H21N5O2S. The first-order chi connectivity index (χ1) is 14.5. The van der Waals surface area contributed by atoms with Crippen molar-refractivity contribution in [3.63, 3.8) is 0 Å². The van der Waals surface area contributed by atoms with Crippen molar-refractivity contribution in [3.05, 3.63) is 60.6 Å². The number of benzene rings is 1. The Labute approximate surface area is 177 Å². The molecule has 4 aromatic rings. The van der Waals surface area contributed by atoms with E-state index in [9.17, 15) is 9.90 Å². The number of hydrogen-bond acceptors (Lipinski definition) is 6. The average molecular weight is 420 g/mol. The maximum absolute atomic E-state index is 11.9. The summed E-state index contributed by atoms with van der Waals surface area (Å²) in [5, 5.41) is 15.7. The van der Waals surface area contributed by atoms with Crippen molar-refractivity contribution in [2.75, 3.05) is 11.9 Å². The van der Waals surface area contributed by atoms with Crippen molar-refractivity contribution in [1.82, 2.24) is 20.3 Å². The van der Waals surface area contributed by atoms with Crippen molar-refractivity contribution >= 4 is 32.7 Å². The highest BCUT2D eigenvalue weighted by molar-refractivity contribution is 7.22. The fraction of sp³-hybridized carbons (Fsp3) is 0.182. The minimum atomic E-state index is -0.618. The summed E-state index contributed by atoms with van der Waals surface area (Å²) in [6.45, 7) is 4.08. The number of hydrogen-bond donors (Lipinski definition) is 3. The molecule has 0 aliphatic rings. The molecule has 1 aromatic carbocycles. The number of carbonyl (C=O) groups excluding carboxylic acids is 1. The summed E-state index contributed by atoms with van der Waals surface area (Å²) >= 11 is 1.41. The molecule has 8 heteroatoms. The molecule has 0 saturated carbocycles. The molecule has 3 N–H and O–H groups in total. The van der Waals surface area contributed by atoms with Crippen LogP contribution in [-0.2, 0) is 0 Å². The third kappa shape index (κ3) is 4.14. The Bertz CT molecular complexity index is 1170. The predicted molar refractivity (Wildman–Crippen MR) is 119 cm³/mol. The summed E-state index contributed by atoms with van der Waals surface area (Å²) < 4.78 is 0.942. The number of anilines is 1. The summed E-state index contributed by atoms with van der Waals surface area (Å²) in [6, 6.07) is 13.2. The average Bonchev–Trinajstić information content (AvgIpc) is 3.16. The second-order valence-electron chi connectivity index (χ2n) is 6.74. The maximum Gasteiger partial charge on any atom is 0.321 e. The van der Waals surface area contributed by atoms with Crippen molar-refractivity contribution in [1.29, 1.82) is 0 Å². The second-order valence-corrected chi connectivity index (χ2v) is 7.74. The molecule has 0 saturated heterocycles.